The first-order chi connectivity index (χ1) is 13.9. The van der Waals surface area contributed by atoms with Crippen molar-refractivity contribution in [2.75, 3.05) is 19.7 Å². The van der Waals surface area contributed by atoms with E-state index < -0.39 is 0 Å². The third-order valence-electron chi connectivity index (χ3n) is 6.16. The van der Waals surface area contributed by atoms with Crippen LogP contribution in [0.2, 0.25) is 0 Å². The summed E-state index contributed by atoms with van der Waals surface area (Å²) in [5.74, 6) is -0.588. The largest absolute Gasteiger partial charge is 0.376 e. The molecular weight excluding hydrogens is 374 g/mol. The smallest absolute Gasteiger partial charge is 0.275 e. The number of aromatic nitrogens is 2. The Morgan fingerprint density at radius 2 is 2.17 bits per heavy atom. The molecule has 9 heteroatoms. The normalized spacial score (nSPS) is 26.5. The molecule has 0 bridgehead atoms. The minimum absolute atomic E-state index is 0.00885. The van der Waals surface area contributed by atoms with Crippen LogP contribution < -0.4 is 5.32 Å². The van der Waals surface area contributed by atoms with Gasteiger partial charge >= 0.3 is 0 Å². The Balaban J connectivity index is 1.52. The zero-order valence-corrected chi connectivity index (χ0v) is 17.2. The van der Waals surface area contributed by atoms with Gasteiger partial charge in [-0.1, -0.05) is 6.92 Å². The van der Waals surface area contributed by atoms with Crippen LogP contribution >= 0.6 is 0 Å². The molecule has 0 radical (unpaired) electrons. The Morgan fingerprint density at radius 3 is 2.90 bits per heavy atom. The first-order valence-corrected chi connectivity index (χ1v) is 10.4. The highest BCUT2D eigenvalue weighted by atomic mass is 16.5. The predicted molar refractivity (Wildman–Crippen MR) is 104 cm³/mol. The maximum atomic E-state index is 13.1. The highest BCUT2D eigenvalue weighted by molar-refractivity contribution is 5.97. The molecule has 3 aliphatic rings. The molecule has 3 atom stereocenters. The summed E-state index contributed by atoms with van der Waals surface area (Å²) in [7, 11) is 0. The van der Waals surface area contributed by atoms with Crippen molar-refractivity contribution in [3.05, 3.63) is 17.0 Å². The maximum Gasteiger partial charge on any atom is 0.275 e. The SMILES string of the molecule is CC[C@H]1[C@@H](C(=O)NC(C)C)C[C@H]2CN(C(=O)c3n[nH]c4c3COCC4)CC(=O)N21. The molecule has 0 spiro atoms. The van der Waals surface area contributed by atoms with Crippen molar-refractivity contribution in [3.63, 3.8) is 0 Å². The van der Waals surface area contributed by atoms with Crippen LogP contribution in [0.3, 0.4) is 0 Å². The van der Waals surface area contributed by atoms with Crippen LogP contribution in [0.4, 0.5) is 0 Å². The van der Waals surface area contributed by atoms with E-state index in [0.29, 0.717) is 38.3 Å². The van der Waals surface area contributed by atoms with E-state index in [2.05, 4.69) is 15.5 Å². The molecule has 2 saturated heterocycles. The van der Waals surface area contributed by atoms with Crippen LogP contribution in [-0.4, -0.2) is 75.5 Å². The van der Waals surface area contributed by atoms with E-state index in [9.17, 15) is 14.4 Å². The fourth-order valence-electron chi connectivity index (χ4n) is 4.89. The van der Waals surface area contributed by atoms with Gasteiger partial charge in [-0.15, -0.1) is 0 Å². The highest BCUT2D eigenvalue weighted by Gasteiger charge is 2.49. The Kier molecular flexibility index (Phi) is 5.33. The van der Waals surface area contributed by atoms with Gasteiger partial charge < -0.3 is 19.9 Å². The van der Waals surface area contributed by atoms with E-state index in [4.69, 9.17) is 4.74 Å². The average molecular weight is 403 g/mol. The maximum absolute atomic E-state index is 13.1. The van der Waals surface area contributed by atoms with Crippen molar-refractivity contribution in [1.82, 2.24) is 25.3 Å². The minimum Gasteiger partial charge on any atom is -0.376 e. The quantitative estimate of drug-likeness (QED) is 0.759. The van der Waals surface area contributed by atoms with Crippen LogP contribution in [0.5, 0.6) is 0 Å². The van der Waals surface area contributed by atoms with Gasteiger partial charge in [0, 0.05) is 36.3 Å². The monoisotopic (exact) mass is 403 g/mol. The fourth-order valence-corrected chi connectivity index (χ4v) is 4.89. The van der Waals surface area contributed by atoms with E-state index in [0.717, 1.165) is 17.7 Å². The standard InChI is InChI=1S/C20H29N5O4/c1-4-16-13(19(27)21-11(2)3)7-12-8-24(9-17(26)25(12)16)20(28)18-14-10-29-6-5-15(14)22-23-18/h11-13,16H,4-10H2,1-3H3,(H,21,27)(H,22,23)/t12-,13-,16-/m0/s1. The molecule has 0 unspecified atom stereocenters. The van der Waals surface area contributed by atoms with Gasteiger partial charge in [0.1, 0.15) is 6.54 Å². The fraction of sp³-hybridized carbons (Fsp3) is 0.700. The number of H-pyrrole nitrogens is 1. The van der Waals surface area contributed by atoms with Gasteiger partial charge in [-0.2, -0.15) is 5.10 Å². The van der Waals surface area contributed by atoms with Gasteiger partial charge in [0.2, 0.25) is 11.8 Å². The summed E-state index contributed by atoms with van der Waals surface area (Å²) < 4.78 is 5.47. The Hall–Kier alpha value is -2.42. The number of fused-ring (bicyclic) bond motifs is 2. The summed E-state index contributed by atoms with van der Waals surface area (Å²) in [6.45, 7) is 7.28. The molecule has 2 N–H and O–H groups in total. The lowest BCUT2D eigenvalue weighted by atomic mass is 9.96. The summed E-state index contributed by atoms with van der Waals surface area (Å²) >= 11 is 0. The lowest BCUT2D eigenvalue weighted by molar-refractivity contribution is -0.139. The molecule has 0 saturated carbocycles. The van der Waals surface area contributed by atoms with Gasteiger partial charge in [-0.3, -0.25) is 19.5 Å². The second-order valence-corrected chi connectivity index (χ2v) is 8.45. The lowest BCUT2D eigenvalue weighted by Gasteiger charge is -2.39. The number of amides is 3. The molecule has 1 aromatic rings. The summed E-state index contributed by atoms with van der Waals surface area (Å²) in [6, 6.07) is -0.200. The molecule has 4 heterocycles. The first-order valence-electron chi connectivity index (χ1n) is 10.4. The summed E-state index contributed by atoms with van der Waals surface area (Å²) in [6.07, 6.45) is 2.00. The third-order valence-corrected chi connectivity index (χ3v) is 6.16. The zero-order chi connectivity index (χ0) is 20.7. The Morgan fingerprint density at radius 1 is 1.38 bits per heavy atom. The van der Waals surface area contributed by atoms with Crippen LogP contribution in [0.1, 0.15) is 55.4 Å². The van der Waals surface area contributed by atoms with Crippen molar-refractivity contribution < 1.29 is 19.1 Å². The summed E-state index contributed by atoms with van der Waals surface area (Å²) in [4.78, 5) is 42.2. The van der Waals surface area contributed by atoms with Crippen LogP contribution in [0, 0.1) is 5.92 Å². The molecule has 0 aliphatic carbocycles. The van der Waals surface area contributed by atoms with Crippen molar-refractivity contribution >= 4 is 17.7 Å². The van der Waals surface area contributed by atoms with Crippen molar-refractivity contribution in [2.45, 2.75) is 64.8 Å². The molecule has 1 aromatic heterocycles. The molecule has 158 valence electrons. The molecule has 2 fully saturated rings. The number of hydrogen-bond acceptors (Lipinski definition) is 5. The van der Waals surface area contributed by atoms with Crippen LogP contribution in [-0.2, 0) is 27.4 Å². The van der Waals surface area contributed by atoms with Crippen LogP contribution in [0.15, 0.2) is 0 Å². The minimum atomic E-state index is -0.246. The lowest BCUT2D eigenvalue weighted by Crippen LogP contribution is -2.57. The van der Waals surface area contributed by atoms with Crippen molar-refractivity contribution in [2.24, 2.45) is 5.92 Å². The van der Waals surface area contributed by atoms with E-state index in [1.807, 2.05) is 25.7 Å². The summed E-state index contributed by atoms with van der Waals surface area (Å²) in [5.41, 5.74) is 2.07. The van der Waals surface area contributed by atoms with E-state index in [1.54, 1.807) is 4.90 Å². The van der Waals surface area contributed by atoms with Gasteiger partial charge in [0.15, 0.2) is 5.69 Å². The van der Waals surface area contributed by atoms with E-state index in [1.165, 1.54) is 0 Å². The molecular formula is C20H29N5O4. The molecule has 9 nitrogen and oxygen atoms in total. The predicted octanol–water partition coefficient (Wildman–Crippen LogP) is 0.459. The Bertz CT molecular complexity index is 820. The number of nitrogens with one attached hydrogen (secondary N) is 2. The third kappa shape index (κ3) is 3.52. The number of ether oxygens (including phenoxy) is 1. The van der Waals surface area contributed by atoms with Crippen LogP contribution in [0.25, 0.3) is 0 Å². The number of carbonyl (C=O) groups excluding carboxylic acids is 3. The van der Waals surface area contributed by atoms with Gasteiger partial charge in [0.05, 0.1) is 25.2 Å². The van der Waals surface area contributed by atoms with E-state index >= 15 is 0 Å². The number of piperazine rings is 1. The second kappa shape index (κ2) is 7.78. The molecule has 3 amide bonds. The van der Waals surface area contributed by atoms with Gasteiger partial charge in [-0.05, 0) is 26.7 Å². The highest BCUT2D eigenvalue weighted by Crippen LogP contribution is 2.35. The van der Waals surface area contributed by atoms with E-state index in [-0.39, 0.29) is 48.3 Å². The van der Waals surface area contributed by atoms with Gasteiger partial charge in [-0.25, -0.2) is 0 Å². The van der Waals surface area contributed by atoms with Crippen molar-refractivity contribution in [3.8, 4) is 0 Å². The van der Waals surface area contributed by atoms with Crippen molar-refractivity contribution in [1.29, 1.82) is 0 Å². The summed E-state index contributed by atoms with van der Waals surface area (Å²) in [5, 5.41) is 10.1. The number of rotatable bonds is 4. The topological polar surface area (TPSA) is 108 Å². The molecule has 29 heavy (non-hydrogen) atoms. The van der Waals surface area contributed by atoms with Gasteiger partial charge in [0.25, 0.3) is 5.91 Å². The number of nitrogens with zero attached hydrogens (tertiary/aromatic N) is 3. The zero-order valence-electron chi connectivity index (χ0n) is 17.2. The Labute approximate surface area is 170 Å². The second-order valence-electron chi connectivity index (χ2n) is 8.45. The molecule has 3 aliphatic heterocycles. The average Bonchev–Trinajstić information content (AvgIpc) is 3.28. The number of aromatic amines is 1. The first kappa shape index (κ1) is 19.9. The number of carbonyl (C=O) groups is 3. The molecule has 4 rings (SSSR count). The molecule has 0 aromatic carbocycles. The number of hydrogen-bond donors (Lipinski definition) is 2.